The Hall–Kier alpha value is -0.920. The number of ether oxygens (including phenoxy) is 1. The molecule has 0 amide bonds. The fourth-order valence-corrected chi connectivity index (χ4v) is 1.07. The van der Waals surface area contributed by atoms with Gasteiger partial charge in [-0.25, -0.2) is 9.36 Å². The number of rotatable bonds is 2. The summed E-state index contributed by atoms with van der Waals surface area (Å²) in [6, 6.07) is 0. The van der Waals surface area contributed by atoms with Crippen LogP contribution in [0, 0.1) is 6.92 Å². The van der Waals surface area contributed by atoms with E-state index in [1.807, 2.05) is 0 Å². The number of nitrogens with two attached hydrogens (primary N) is 1. The van der Waals surface area contributed by atoms with Crippen LogP contribution >= 0.6 is 0 Å². The van der Waals surface area contributed by atoms with Gasteiger partial charge in [0.05, 0.1) is 19.9 Å². The summed E-state index contributed by atoms with van der Waals surface area (Å²) in [5, 5.41) is 0. The van der Waals surface area contributed by atoms with Gasteiger partial charge in [0, 0.05) is 0 Å². The first-order valence-electron chi connectivity index (χ1n) is 4.36. The molecule has 0 radical (unpaired) electrons. The molecule has 2 N–H and O–H groups in total. The third-order valence-electron chi connectivity index (χ3n) is 1.85. The summed E-state index contributed by atoms with van der Waals surface area (Å²) >= 11 is 0. The van der Waals surface area contributed by atoms with E-state index >= 15 is 0 Å². The summed E-state index contributed by atoms with van der Waals surface area (Å²) < 4.78 is 6.45. The van der Waals surface area contributed by atoms with Gasteiger partial charge in [-0.05, 0) is 13.8 Å². The Labute approximate surface area is 106 Å². The number of aromatic nitrogens is 2. The molecule has 1 rings (SSSR count). The second kappa shape index (κ2) is 5.84. The van der Waals surface area contributed by atoms with E-state index in [0.717, 1.165) is 0 Å². The zero-order valence-corrected chi connectivity index (χ0v) is 11.1. The number of carbonyl (C=O) groups is 1. The summed E-state index contributed by atoms with van der Waals surface area (Å²) in [6.07, 6.45) is 1.62. The highest BCUT2D eigenvalue weighted by atomic mass is 127. The number of anilines is 1. The maximum absolute atomic E-state index is 11.4. The molecule has 0 aromatic carbocycles. The lowest BCUT2D eigenvalue weighted by Gasteiger charge is -2.03. The summed E-state index contributed by atoms with van der Waals surface area (Å²) in [7, 11) is 1.73. The third-order valence-corrected chi connectivity index (χ3v) is 1.85. The largest absolute Gasteiger partial charge is 1.00 e. The predicted molar refractivity (Wildman–Crippen MR) is 50.5 cm³/mol. The topological polar surface area (TPSA) is 69.1 Å². The molecule has 84 valence electrons. The van der Waals surface area contributed by atoms with Crippen molar-refractivity contribution in [3.63, 3.8) is 0 Å². The predicted octanol–water partition coefficient (Wildman–Crippen LogP) is -3.02. The van der Waals surface area contributed by atoms with Crippen LogP contribution in [0.5, 0.6) is 0 Å². The molecule has 0 unspecified atom stereocenters. The van der Waals surface area contributed by atoms with Gasteiger partial charge in [-0.15, -0.1) is 0 Å². The second-order valence-corrected chi connectivity index (χ2v) is 2.93. The van der Waals surface area contributed by atoms with Crippen LogP contribution in [0.25, 0.3) is 0 Å². The average Bonchev–Trinajstić information content (AvgIpc) is 2.11. The number of esters is 1. The highest BCUT2D eigenvalue weighted by molar-refractivity contribution is 5.89. The highest BCUT2D eigenvalue weighted by Crippen LogP contribution is 2.05. The monoisotopic (exact) mass is 323 g/mol. The van der Waals surface area contributed by atoms with E-state index < -0.39 is 0 Å². The lowest BCUT2D eigenvalue weighted by atomic mass is 10.2. The van der Waals surface area contributed by atoms with Gasteiger partial charge >= 0.3 is 11.9 Å². The number of carbonyl (C=O) groups excluding carboxylic acids is 1. The minimum atomic E-state index is -0.367. The lowest BCUT2D eigenvalue weighted by molar-refractivity contribution is -0.659. The molecule has 0 bridgehead atoms. The molecule has 0 aliphatic heterocycles. The van der Waals surface area contributed by atoms with Crippen LogP contribution in [0.2, 0.25) is 0 Å². The molecule has 0 atom stereocenters. The van der Waals surface area contributed by atoms with Crippen molar-refractivity contribution in [1.29, 1.82) is 0 Å². The maximum Gasteiger partial charge on any atom is 0.389 e. The Morgan fingerprint density at radius 1 is 1.67 bits per heavy atom. The van der Waals surface area contributed by atoms with Gasteiger partial charge in [0.1, 0.15) is 11.3 Å². The SMILES string of the molecule is CCOC(=O)c1c[n+](C)c(N)nc1C.[I-]. The number of aryl methyl sites for hydroxylation is 2. The van der Waals surface area contributed by atoms with Crippen LogP contribution < -0.4 is 34.3 Å². The van der Waals surface area contributed by atoms with E-state index in [1.54, 1.807) is 31.7 Å². The zero-order chi connectivity index (χ0) is 10.7. The molecule has 0 aliphatic rings. The standard InChI is InChI=1S/C9H13N3O2.HI/c1-4-14-8(13)7-5-12(3)9(10)11-6(7)2;/h5,10H,4H2,1-3H3;1H. The second-order valence-electron chi connectivity index (χ2n) is 2.93. The molecule has 0 saturated carbocycles. The maximum atomic E-state index is 11.4. The molecule has 5 nitrogen and oxygen atoms in total. The molecule has 1 aromatic heterocycles. The number of halogens is 1. The normalized spacial score (nSPS) is 9.27. The Balaban J connectivity index is 0.00000196. The quantitative estimate of drug-likeness (QED) is 0.357. The molecule has 0 aliphatic carbocycles. The van der Waals surface area contributed by atoms with E-state index in [-0.39, 0.29) is 29.9 Å². The van der Waals surface area contributed by atoms with Crippen LogP contribution in [0.15, 0.2) is 6.20 Å². The molecule has 15 heavy (non-hydrogen) atoms. The van der Waals surface area contributed by atoms with Crippen LogP contribution in [-0.2, 0) is 11.8 Å². The zero-order valence-electron chi connectivity index (χ0n) is 8.95. The van der Waals surface area contributed by atoms with E-state index in [0.29, 0.717) is 23.8 Å². The van der Waals surface area contributed by atoms with Crippen molar-refractivity contribution < 1.29 is 38.1 Å². The van der Waals surface area contributed by atoms with Crippen LogP contribution in [0.3, 0.4) is 0 Å². The molecule has 6 heteroatoms. The first-order chi connectivity index (χ1) is 6.56. The van der Waals surface area contributed by atoms with E-state index in [9.17, 15) is 4.79 Å². The number of hydrogen-bond donors (Lipinski definition) is 1. The van der Waals surface area contributed by atoms with Crippen molar-refractivity contribution in [3.05, 3.63) is 17.5 Å². The van der Waals surface area contributed by atoms with E-state index in [2.05, 4.69) is 4.98 Å². The lowest BCUT2D eigenvalue weighted by Crippen LogP contribution is -3.00. The van der Waals surface area contributed by atoms with E-state index in [1.165, 1.54) is 0 Å². The Bertz CT molecular complexity index is 369. The van der Waals surface area contributed by atoms with Crippen LogP contribution in [0.1, 0.15) is 23.0 Å². The summed E-state index contributed by atoms with van der Waals surface area (Å²) in [4.78, 5) is 15.4. The minimum absolute atomic E-state index is 0. The van der Waals surface area contributed by atoms with Crippen molar-refractivity contribution in [1.82, 2.24) is 4.98 Å². The molecule has 0 saturated heterocycles. The van der Waals surface area contributed by atoms with Gasteiger partial charge in [0.25, 0.3) is 0 Å². The van der Waals surface area contributed by atoms with Gasteiger partial charge < -0.3 is 28.7 Å². The number of nitrogen functional groups attached to an aromatic ring is 1. The van der Waals surface area contributed by atoms with Gasteiger partial charge in [0.15, 0.2) is 0 Å². The fraction of sp³-hybridized carbons (Fsp3) is 0.444. The first kappa shape index (κ1) is 14.1. The van der Waals surface area contributed by atoms with Gasteiger partial charge in [0.2, 0.25) is 0 Å². The van der Waals surface area contributed by atoms with E-state index in [4.69, 9.17) is 10.5 Å². The Kier molecular flexibility index (Phi) is 5.48. The fourth-order valence-electron chi connectivity index (χ4n) is 1.07. The summed E-state index contributed by atoms with van der Waals surface area (Å²) in [5.74, 6) is 0.00338. The summed E-state index contributed by atoms with van der Waals surface area (Å²) in [5.41, 5.74) is 6.59. The Morgan fingerprint density at radius 2 is 2.27 bits per heavy atom. The smallest absolute Gasteiger partial charge is 0.389 e. The number of hydrogen-bond acceptors (Lipinski definition) is 4. The number of nitrogens with zero attached hydrogens (tertiary/aromatic N) is 2. The van der Waals surface area contributed by atoms with Crippen molar-refractivity contribution in [3.8, 4) is 0 Å². The third kappa shape index (κ3) is 3.29. The van der Waals surface area contributed by atoms with Crippen LogP contribution in [0.4, 0.5) is 5.95 Å². The molecule has 0 fully saturated rings. The first-order valence-corrected chi connectivity index (χ1v) is 4.36. The molecular weight excluding hydrogens is 309 g/mol. The average molecular weight is 323 g/mol. The Morgan fingerprint density at radius 3 is 2.80 bits per heavy atom. The molecule has 1 heterocycles. The molecule has 1 aromatic rings. The van der Waals surface area contributed by atoms with Crippen molar-refractivity contribution in [2.24, 2.45) is 7.05 Å². The molecule has 0 spiro atoms. The van der Waals surface area contributed by atoms with Crippen molar-refractivity contribution in [2.45, 2.75) is 13.8 Å². The molecular formula is C9H14IN3O2. The summed E-state index contributed by atoms with van der Waals surface area (Å²) in [6.45, 7) is 3.84. The van der Waals surface area contributed by atoms with Gasteiger partial charge in [-0.3, -0.25) is 5.73 Å². The van der Waals surface area contributed by atoms with Crippen molar-refractivity contribution in [2.75, 3.05) is 12.3 Å². The van der Waals surface area contributed by atoms with Gasteiger partial charge in [-0.2, -0.15) is 0 Å². The van der Waals surface area contributed by atoms with Crippen LogP contribution in [-0.4, -0.2) is 17.6 Å². The van der Waals surface area contributed by atoms with Gasteiger partial charge in [-0.1, -0.05) is 4.98 Å². The minimum Gasteiger partial charge on any atom is -1.00 e. The highest BCUT2D eigenvalue weighted by Gasteiger charge is 2.17. The van der Waals surface area contributed by atoms with Crippen molar-refractivity contribution >= 4 is 11.9 Å².